The van der Waals surface area contributed by atoms with Crippen LogP contribution in [-0.2, 0) is 6.54 Å². The lowest BCUT2D eigenvalue weighted by molar-refractivity contribution is 0.137. The molecule has 2 rings (SSSR count). The minimum atomic E-state index is -0.460. The van der Waals surface area contributed by atoms with E-state index < -0.39 is 6.10 Å². The third-order valence-corrected chi connectivity index (χ3v) is 4.54. The van der Waals surface area contributed by atoms with E-state index in [1.54, 1.807) is 0 Å². The molecule has 0 saturated carbocycles. The number of carbonyl (C=O) groups excluding carboxylic acids is 1. The zero-order chi connectivity index (χ0) is 17.4. The fourth-order valence-electron chi connectivity index (χ4n) is 3.18. The van der Waals surface area contributed by atoms with Crippen LogP contribution in [0, 0.1) is 5.92 Å². The molecule has 0 aromatic carbocycles. The molecule has 1 aromatic rings. The van der Waals surface area contributed by atoms with Crippen molar-refractivity contribution in [3.8, 4) is 0 Å². The monoisotopic (exact) mass is 334 g/mol. The van der Waals surface area contributed by atoms with Crippen LogP contribution in [0.3, 0.4) is 0 Å². The van der Waals surface area contributed by atoms with E-state index in [9.17, 15) is 9.90 Å². The van der Waals surface area contributed by atoms with Gasteiger partial charge >= 0.3 is 6.03 Å². The number of nitrogens with zero attached hydrogens (tertiary/aromatic N) is 2. The number of urea groups is 1. The number of piperidine rings is 1. The highest BCUT2D eigenvalue weighted by molar-refractivity contribution is 5.74. The molecular weight excluding hydrogens is 304 g/mol. The average molecular weight is 334 g/mol. The summed E-state index contributed by atoms with van der Waals surface area (Å²) in [5.74, 6) is 0.383. The van der Waals surface area contributed by atoms with Crippen LogP contribution in [-0.4, -0.2) is 52.8 Å². The Morgan fingerprint density at radius 3 is 3.00 bits per heavy atom. The van der Waals surface area contributed by atoms with E-state index in [1.165, 1.54) is 0 Å². The second-order valence-corrected chi connectivity index (χ2v) is 6.73. The Kier molecular flexibility index (Phi) is 7.46. The minimum Gasteiger partial charge on any atom is -0.391 e. The zero-order valence-electron chi connectivity index (χ0n) is 14.7. The smallest absolute Gasteiger partial charge is 0.315 e. The first-order valence-electron chi connectivity index (χ1n) is 8.93. The SMILES string of the molecule is CCCC(O)CNC(=O)NC1CCN(Cc2ccccn2)CC1C. The highest BCUT2D eigenvalue weighted by Crippen LogP contribution is 2.18. The molecule has 3 unspecified atom stereocenters. The topological polar surface area (TPSA) is 77.5 Å². The van der Waals surface area contributed by atoms with Crippen LogP contribution >= 0.6 is 0 Å². The van der Waals surface area contributed by atoms with Gasteiger partial charge in [-0.15, -0.1) is 0 Å². The lowest BCUT2D eigenvalue weighted by atomic mass is 9.94. The predicted molar refractivity (Wildman–Crippen MR) is 94.5 cm³/mol. The van der Waals surface area contributed by atoms with Crippen LogP contribution in [0.2, 0.25) is 0 Å². The molecule has 1 aromatic heterocycles. The van der Waals surface area contributed by atoms with Crippen molar-refractivity contribution in [2.75, 3.05) is 19.6 Å². The first-order chi connectivity index (χ1) is 11.6. The molecule has 1 fully saturated rings. The van der Waals surface area contributed by atoms with E-state index in [2.05, 4.69) is 27.4 Å². The molecule has 1 aliphatic heterocycles. The van der Waals surface area contributed by atoms with E-state index in [1.807, 2.05) is 31.3 Å². The molecule has 0 aliphatic carbocycles. The van der Waals surface area contributed by atoms with E-state index in [4.69, 9.17) is 0 Å². The molecular formula is C18H30N4O2. The van der Waals surface area contributed by atoms with Gasteiger partial charge in [0, 0.05) is 38.4 Å². The summed E-state index contributed by atoms with van der Waals surface area (Å²) in [6, 6.07) is 5.98. The van der Waals surface area contributed by atoms with Gasteiger partial charge in [0.25, 0.3) is 0 Å². The van der Waals surface area contributed by atoms with Gasteiger partial charge in [-0.1, -0.05) is 26.3 Å². The van der Waals surface area contributed by atoms with Crippen molar-refractivity contribution >= 4 is 6.03 Å². The van der Waals surface area contributed by atoms with Crippen molar-refractivity contribution < 1.29 is 9.90 Å². The Morgan fingerprint density at radius 1 is 1.50 bits per heavy atom. The van der Waals surface area contributed by atoms with Gasteiger partial charge < -0.3 is 15.7 Å². The van der Waals surface area contributed by atoms with Crippen LogP contribution in [0.25, 0.3) is 0 Å². The fraction of sp³-hybridized carbons (Fsp3) is 0.667. The number of pyridine rings is 1. The molecule has 6 heteroatoms. The molecule has 2 heterocycles. The van der Waals surface area contributed by atoms with Crippen molar-refractivity contribution in [3.63, 3.8) is 0 Å². The van der Waals surface area contributed by atoms with E-state index in [-0.39, 0.29) is 12.1 Å². The van der Waals surface area contributed by atoms with Crippen LogP contribution in [0.5, 0.6) is 0 Å². The fourth-order valence-corrected chi connectivity index (χ4v) is 3.18. The Labute approximate surface area is 144 Å². The molecule has 0 radical (unpaired) electrons. The van der Waals surface area contributed by atoms with E-state index in [0.717, 1.165) is 38.2 Å². The maximum atomic E-state index is 12.0. The van der Waals surface area contributed by atoms with Gasteiger partial charge in [0.2, 0.25) is 0 Å². The Balaban J connectivity index is 1.72. The number of likely N-dealkylation sites (tertiary alicyclic amines) is 1. The summed E-state index contributed by atoms with van der Waals surface area (Å²) in [7, 11) is 0. The van der Waals surface area contributed by atoms with Gasteiger partial charge in [-0.25, -0.2) is 4.79 Å². The third-order valence-electron chi connectivity index (χ3n) is 4.54. The molecule has 1 saturated heterocycles. The molecule has 134 valence electrons. The van der Waals surface area contributed by atoms with Crippen LogP contribution in [0.4, 0.5) is 4.79 Å². The molecule has 3 atom stereocenters. The highest BCUT2D eigenvalue weighted by atomic mass is 16.3. The van der Waals surface area contributed by atoms with Gasteiger partial charge in [-0.05, 0) is 30.9 Å². The molecule has 6 nitrogen and oxygen atoms in total. The Morgan fingerprint density at radius 2 is 2.33 bits per heavy atom. The number of aromatic nitrogens is 1. The largest absolute Gasteiger partial charge is 0.391 e. The standard InChI is InChI=1S/C18H30N4O2/c1-3-6-16(23)11-20-18(24)21-17-8-10-22(12-14(17)2)13-15-7-4-5-9-19-15/h4-5,7,9,14,16-17,23H,3,6,8,10-13H2,1-2H3,(H2,20,21,24). The third kappa shape index (κ3) is 6.09. The normalized spacial score (nSPS) is 22.8. The van der Waals surface area contributed by atoms with Crippen molar-refractivity contribution in [2.45, 2.75) is 51.8 Å². The van der Waals surface area contributed by atoms with Gasteiger partial charge in [0.05, 0.1) is 11.8 Å². The first-order valence-corrected chi connectivity index (χ1v) is 8.93. The van der Waals surface area contributed by atoms with Gasteiger partial charge in [-0.3, -0.25) is 9.88 Å². The molecule has 0 spiro atoms. The zero-order valence-corrected chi connectivity index (χ0v) is 14.7. The predicted octanol–water partition coefficient (Wildman–Crippen LogP) is 1.75. The second-order valence-electron chi connectivity index (χ2n) is 6.73. The minimum absolute atomic E-state index is 0.174. The number of hydrogen-bond donors (Lipinski definition) is 3. The van der Waals surface area contributed by atoms with Crippen molar-refractivity contribution in [2.24, 2.45) is 5.92 Å². The maximum absolute atomic E-state index is 12.0. The van der Waals surface area contributed by atoms with Gasteiger partial charge in [0.15, 0.2) is 0 Å². The maximum Gasteiger partial charge on any atom is 0.315 e. The number of carbonyl (C=O) groups is 1. The van der Waals surface area contributed by atoms with Crippen LogP contribution < -0.4 is 10.6 Å². The summed E-state index contributed by atoms with van der Waals surface area (Å²) in [6.07, 6.45) is 3.92. The summed E-state index contributed by atoms with van der Waals surface area (Å²) in [6.45, 7) is 7.25. The molecule has 24 heavy (non-hydrogen) atoms. The number of amides is 2. The Hall–Kier alpha value is -1.66. The average Bonchev–Trinajstić information content (AvgIpc) is 2.57. The highest BCUT2D eigenvalue weighted by Gasteiger charge is 2.27. The van der Waals surface area contributed by atoms with Crippen molar-refractivity contribution in [1.29, 1.82) is 0 Å². The van der Waals surface area contributed by atoms with E-state index in [0.29, 0.717) is 18.9 Å². The number of aliphatic hydroxyl groups is 1. The Bertz CT molecular complexity index is 497. The van der Waals surface area contributed by atoms with Crippen LogP contribution in [0.1, 0.15) is 38.8 Å². The summed E-state index contributed by atoms with van der Waals surface area (Å²) in [5.41, 5.74) is 1.08. The van der Waals surface area contributed by atoms with Gasteiger partial charge in [-0.2, -0.15) is 0 Å². The number of aliphatic hydroxyl groups excluding tert-OH is 1. The number of hydrogen-bond acceptors (Lipinski definition) is 4. The van der Waals surface area contributed by atoms with Crippen molar-refractivity contribution in [3.05, 3.63) is 30.1 Å². The molecule has 3 N–H and O–H groups in total. The quantitative estimate of drug-likeness (QED) is 0.710. The lowest BCUT2D eigenvalue weighted by Crippen LogP contribution is -2.52. The number of rotatable bonds is 7. The first kappa shape index (κ1) is 18.7. The van der Waals surface area contributed by atoms with Gasteiger partial charge in [0.1, 0.15) is 0 Å². The molecule has 1 aliphatic rings. The summed E-state index contributed by atoms with van der Waals surface area (Å²) in [5, 5.41) is 15.5. The van der Waals surface area contributed by atoms with Crippen molar-refractivity contribution in [1.82, 2.24) is 20.5 Å². The second kappa shape index (κ2) is 9.59. The number of nitrogens with one attached hydrogen (secondary N) is 2. The lowest BCUT2D eigenvalue weighted by Gasteiger charge is -2.37. The summed E-state index contributed by atoms with van der Waals surface area (Å²) in [4.78, 5) is 18.7. The van der Waals surface area contributed by atoms with Crippen LogP contribution in [0.15, 0.2) is 24.4 Å². The summed E-state index contributed by atoms with van der Waals surface area (Å²) < 4.78 is 0. The summed E-state index contributed by atoms with van der Waals surface area (Å²) >= 11 is 0. The molecule has 2 amide bonds. The molecule has 0 bridgehead atoms. The van der Waals surface area contributed by atoms with E-state index >= 15 is 0 Å².